The van der Waals surface area contributed by atoms with Crippen molar-refractivity contribution in [3.05, 3.63) is 23.8 Å². The number of nitrogens with zero attached hydrogens (tertiary/aromatic N) is 1. The third kappa shape index (κ3) is 2.40. The first-order valence-electron chi connectivity index (χ1n) is 7.84. The maximum Gasteiger partial charge on any atom is 0.352 e. The van der Waals surface area contributed by atoms with Gasteiger partial charge in [0.25, 0.3) is 0 Å². The van der Waals surface area contributed by atoms with Crippen LogP contribution < -0.4 is 11.1 Å². The number of thioether (sulfide) groups is 1. The first-order chi connectivity index (χ1) is 12.0. The van der Waals surface area contributed by atoms with Gasteiger partial charge in [0.15, 0.2) is 11.5 Å². The molecule has 0 saturated carbocycles. The van der Waals surface area contributed by atoms with E-state index < -0.39 is 34.1 Å². The van der Waals surface area contributed by atoms with Crippen molar-refractivity contribution in [3.63, 3.8) is 0 Å². The summed E-state index contributed by atoms with van der Waals surface area (Å²) in [6.07, 6.45) is 0.219. The van der Waals surface area contributed by atoms with Gasteiger partial charge in [-0.1, -0.05) is 6.07 Å². The van der Waals surface area contributed by atoms with Gasteiger partial charge in [-0.15, -0.1) is 11.8 Å². The smallest absolute Gasteiger partial charge is 0.352 e. The summed E-state index contributed by atoms with van der Waals surface area (Å²) in [5, 5.41) is 31.0. The summed E-state index contributed by atoms with van der Waals surface area (Å²) < 4.78 is -0.984. The number of nitrogens with two attached hydrogens (primary N) is 1. The van der Waals surface area contributed by atoms with E-state index in [4.69, 9.17) is 5.73 Å². The van der Waals surface area contributed by atoms with Crippen molar-refractivity contribution in [2.24, 2.45) is 5.73 Å². The zero-order valence-electron chi connectivity index (χ0n) is 14.1. The SMILES string of the molecule is CC1(C)S[C@@H]2CC(=O)N2[C@@]1(NC(=O)C(N)c1ccc(O)c(O)c1)C(=O)O. The van der Waals surface area contributed by atoms with Crippen LogP contribution in [0.1, 0.15) is 31.9 Å². The molecule has 2 saturated heterocycles. The number of β-lactam (4-membered cyclic amide) rings is 1. The van der Waals surface area contributed by atoms with Gasteiger partial charge in [-0.05, 0) is 31.5 Å². The number of aliphatic carboxylic acids is 1. The van der Waals surface area contributed by atoms with Gasteiger partial charge in [0, 0.05) is 0 Å². The zero-order chi connectivity index (χ0) is 19.4. The fraction of sp³-hybridized carbons (Fsp3) is 0.438. The second kappa shape index (κ2) is 5.78. The minimum absolute atomic E-state index is 0.188. The molecule has 2 heterocycles. The van der Waals surface area contributed by atoms with Gasteiger partial charge in [0.1, 0.15) is 6.04 Å². The van der Waals surface area contributed by atoms with Gasteiger partial charge in [0.05, 0.1) is 16.5 Å². The highest BCUT2D eigenvalue weighted by Crippen LogP contribution is 2.55. The van der Waals surface area contributed by atoms with Gasteiger partial charge < -0.3 is 26.4 Å². The molecule has 6 N–H and O–H groups in total. The van der Waals surface area contributed by atoms with E-state index in [0.29, 0.717) is 0 Å². The number of carbonyl (C=O) groups is 3. The van der Waals surface area contributed by atoms with Crippen molar-refractivity contribution in [1.82, 2.24) is 10.2 Å². The lowest BCUT2D eigenvalue weighted by atomic mass is 9.89. The molecule has 1 unspecified atom stereocenters. The lowest BCUT2D eigenvalue weighted by Crippen LogP contribution is -2.75. The van der Waals surface area contributed by atoms with E-state index >= 15 is 0 Å². The van der Waals surface area contributed by atoms with Crippen LogP contribution in [0.3, 0.4) is 0 Å². The molecule has 26 heavy (non-hydrogen) atoms. The van der Waals surface area contributed by atoms with Crippen molar-refractivity contribution in [2.45, 2.75) is 42.1 Å². The van der Waals surface area contributed by atoms with Crippen LogP contribution in [-0.4, -0.2) is 53.8 Å². The number of nitrogens with one attached hydrogen (secondary N) is 1. The molecular formula is C16H19N3O6S. The van der Waals surface area contributed by atoms with Crippen LogP contribution in [0.5, 0.6) is 11.5 Å². The summed E-state index contributed by atoms with van der Waals surface area (Å²) >= 11 is 1.31. The lowest BCUT2D eigenvalue weighted by Gasteiger charge is -2.46. The number of carboxylic acid groups (broad SMARTS) is 1. The maximum atomic E-state index is 12.7. The highest BCUT2D eigenvalue weighted by molar-refractivity contribution is 8.01. The zero-order valence-corrected chi connectivity index (χ0v) is 14.9. The van der Waals surface area contributed by atoms with E-state index in [2.05, 4.69) is 5.32 Å². The van der Waals surface area contributed by atoms with E-state index in [-0.39, 0.29) is 29.0 Å². The molecule has 2 aliphatic rings. The lowest BCUT2D eigenvalue weighted by molar-refractivity contribution is -0.173. The average Bonchev–Trinajstić information content (AvgIpc) is 2.72. The Hall–Kier alpha value is -2.46. The van der Waals surface area contributed by atoms with E-state index in [1.165, 1.54) is 28.8 Å². The quantitative estimate of drug-likeness (QED) is 0.363. The van der Waals surface area contributed by atoms with Crippen LogP contribution in [0.15, 0.2) is 18.2 Å². The first kappa shape index (κ1) is 18.3. The molecule has 0 aliphatic carbocycles. The molecule has 9 nitrogen and oxygen atoms in total. The molecular weight excluding hydrogens is 362 g/mol. The van der Waals surface area contributed by atoms with E-state index in [1.807, 2.05) is 0 Å². The average molecular weight is 381 g/mol. The van der Waals surface area contributed by atoms with E-state index in [1.54, 1.807) is 13.8 Å². The van der Waals surface area contributed by atoms with Crippen molar-refractivity contribution in [2.75, 3.05) is 0 Å². The van der Waals surface area contributed by atoms with Gasteiger partial charge >= 0.3 is 5.97 Å². The Labute approximate surface area is 153 Å². The van der Waals surface area contributed by atoms with Crippen LogP contribution >= 0.6 is 11.8 Å². The number of hydrogen-bond donors (Lipinski definition) is 5. The predicted octanol–water partition coefficient (Wildman–Crippen LogP) is 0.0785. The molecule has 1 aromatic carbocycles. The molecule has 10 heteroatoms. The predicted molar refractivity (Wildman–Crippen MR) is 92.1 cm³/mol. The Morgan fingerprint density at radius 3 is 2.54 bits per heavy atom. The first-order valence-corrected chi connectivity index (χ1v) is 8.72. The number of hydrogen-bond acceptors (Lipinski definition) is 7. The molecule has 1 aromatic rings. The highest BCUT2D eigenvalue weighted by atomic mass is 32.2. The molecule has 3 atom stereocenters. The minimum Gasteiger partial charge on any atom is -0.504 e. The fourth-order valence-corrected chi connectivity index (χ4v) is 5.06. The minimum atomic E-state index is -1.93. The van der Waals surface area contributed by atoms with Gasteiger partial charge in [-0.2, -0.15) is 0 Å². The number of phenolic OH excluding ortho intramolecular Hbond substituents is 2. The number of aromatic hydroxyl groups is 2. The van der Waals surface area contributed by atoms with Gasteiger partial charge in [-0.25, -0.2) is 4.79 Å². The van der Waals surface area contributed by atoms with Crippen LogP contribution in [0.2, 0.25) is 0 Å². The van der Waals surface area contributed by atoms with Crippen LogP contribution in [-0.2, 0) is 14.4 Å². The van der Waals surface area contributed by atoms with Crippen molar-refractivity contribution >= 4 is 29.5 Å². The van der Waals surface area contributed by atoms with Crippen molar-refractivity contribution < 1.29 is 29.7 Å². The Kier molecular flexibility index (Phi) is 4.08. The van der Waals surface area contributed by atoms with Crippen molar-refractivity contribution in [1.29, 1.82) is 0 Å². The van der Waals surface area contributed by atoms with Crippen LogP contribution in [0.4, 0.5) is 0 Å². The number of benzene rings is 1. The normalized spacial score (nSPS) is 27.4. The van der Waals surface area contributed by atoms with Gasteiger partial charge in [-0.3, -0.25) is 14.5 Å². The largest absolute Gasteiger partial charge is 0.504 e. The third-order valence-electron chi connectivity index (χ3n) is 4.82. The Balaban J connectivity index is 1.93. The molecule has 0 aromatic heterocycles. The number of carbonyl (C=O) groups excluding carboxylic acids is 2. The topological polar surface area (TPSA) is 153 Å². The Morgan fingerprint density at radius 2 is 2.00 bits per heavy atom. The standard InChI is InChI=1S/C16H19N3O6S/c1-15(2)16(14(24)25,19-10(22)6-11(19)26-15)18-13(23)12(17)7-3-4-8(20)9(21)5-7/h3-5,11-12,20-21H,6,17H2,1-2H3,(H,18,23)(H,24,25)/t11-,12?,16+/m1/s1. The summed E-state index contributed by atoms with van der Waals surface area (Å²) in [4.78, 5) is 38.0. The highest BCUT2D eigenvalue weighted by Gasteiger charge is 2.70. The molecule has 140 valence electrons. The van der Waals surface area contributed by atoms with Crippen molar-refractivity contribution in [3.8, 4) is 11.5 Å². The molecule has 0 radical (unpaired) electrons. The van der Waals surface area contributed by atoms with E-state index in [0.717, 1.165) is 6.07 Å². The molecule has 2 amide bonds. The number of amides is 2. The summed E-state index contributed by atoms with van der Waals surface area (Å²) in [6.45, 7) is 3.30. The molecule has 0 bridgehead atoms. The van der Waals surface area contributed by atoms with Gasteiger partial charge in [0.2, 0.25) is 17.5 Å². The third-order valence-corrected chi connectivity index (χ3v) is 6.36. The summed E-state index contributed by atoms with van der Waals surface area (Å²) in [5.41, 5.74) is 4.17. The monoisotopic (exact) mass is 381 g/mol. The maximum absolute atomic E-state index is 12.7. The van der Waals surface area contributed by atoms with E-state index in [9.17, 15) is 29.7 Å². The number of carboxylic acids is 1. The molecule has 2 aliphatic heterocycles. The fourth-order valence-electron chi connectivity index (χ4n) is 3.37. The van der Waals surface area contributed by atoms with Crippen LogP contribution in [0, 0.1) is 0 Å². The molecule has 2 fully saturated rings. The van der Waals surface area contributed by atoms with Crippen LogP contribution in [0.25, 0.3) is 0 Å². The Morgan fingerprint density at radius 1 is 1.35 bits per heavy atom. The second-order valence-corrected chi connectivity index (χ2v) is 8.58. The number of fused-ring (bicyclic) bond motifs is 1. The Bertz CT molecular complexity index is 813. The molecule has 0 spiro atoms. The number of rotatable bonds is 4. The molecule has 3 rings (SSSR count). The summed E-state index contributed by atoms with van der Waals surface area (Å²) in [6, 6.07) is 2.35. The number of phenols is 2. The summed E-state index contributed by atoms with van der Waals surface area (Å²) in [7, 11) is 0. The summed E-state index contributed by atoms with van der Waals surface area (Å²) in [5.74, 6) is -3.34. The second-order valence-electron chi connectivity index (χ2n) is 6.78.